The lowest BCUT2D eigenvalue weighted by atomic mass is 9.81. The van der Waals surface area contributed by atoms with E-state index >= 15 is 0 Å². The van der Waals surface area contributed by atoms with Gasteiger partial charge >= 0.3 is 0 Å². The highest BCUT2D eigenvalue weighted by Gasteiger charge is 2.22. The van der Waals surface area contributed by atoms with Gasteiger partial charge < -0.3 is 5.32 Å². The minimum absolute atomic E-state index is 0.0282. The van der Waals surface area contributed by atoms with Gasteiger partial charge in [-0.05, 0) is 31.4 Å². The Morgan fingerprint density at radius 3 is 2.84 bits per heavy atom. The first-order chi connectivity index (χ1) is 9.10. The molecule has 1 atom stereocenters. The molecule has 100 valence electrons. The second-order valence-electron chi connectivity index (χ2n) is 5.18. The molecule has 0 spiro atoms. The van der Waals surface area contributed by atoms with Crippen molar-refractivity contribution in [1.29, 1.82) is 5.26 Å². The van der Waals surface area contributed by atoms with Crippen LogP contribution in [0.5, 0.6) is 0 Å². The van der Waals surface area contributed by atoms with Crippen LogP contribution < -0.4 is 5.32 Å². The summed E-state index contributed by atoms with van der Waals surface area (Å²) >= 11 is 0. The van der Waals surface area contributed by atoms with Crippen LogP contribution in [0, 0.1) is 27.4 Å². The maximum absolute atomic E-state index is 11.0. The Kier molecular flexibility index (Phi) is 4.00. The Morgan fingerprint density at radius 1 is 1.58 bits per heavy atom. The van der Waals surface area contributed by atoms with Crippen LogP contribution in [-0.2, 0) is 0 Å². The first-order valence-corrected chi connectivity index (χ1v) is 6.55. The minimum atomic E-state index is -0.445. The van der Waals surface area contributed by atoms with E-state index in [9.17, 15) is 10.1 Å². The van der Waals surface area contributed by atoms with E-state index < -0.39 is 4.92 Å². The zero-order valence-electron chi connectivity index (χ0n) is 10.9. The highest BCUT2D eigenvalue weighted by atomic mass is 16.6. The van der Waals surface area contributed by atoms with Crippen LogP contribution in [-0.4, -0.2) is 11.0 Å². The van der Waals surface area contributed by atoms with Gasteiger partial charge in [0.1, 0.15) is 5.69 Å². The summed E-state index contributed by atoms with van der Waals surface area (Å²) in [7, 11) is 0. The van der Waals surface area contributed by atoms with Gasteiger partial charge in [0.15, 0.2) is 0 Å². The normalized spacial score (nSPS) is 16.2. The molecule has 0 bridgehead atoms. The molecule has 0 aliphatic heterocycles. The topological polar surface area (TPSA) is 79.0 Å². The van der Waals surface area contributed by atoms with Gasteiger partial charge in [-0.2, -0.15) is 5.26 Å². The lowest BCUT2D eigenvalue weighted by Gasteiger charge is -2.28. The molecule has 1 aliphatic carbocycles. The number of nitrogens with zero attached hydrogens (tertiary/aromatic N) is 2. The smallest absolute Gasteiger partial charge is 0.293 e. The predicted octanol–water partition coefficient (Wildman–Crippen LogP) is 3.46. The fourth-order valence-electron chi connectivity index (χ4n) is 2.43. The maximum atomic E-state index is 11.0. The molecule has 1 aliphatic rings. The van der Waals surface area contributed by atoms with Crippen molar-refractivity contribution in [3.05, 3.63) is 33.9 Å². The van der Waals surface area contributed by atoms with Crippen LogP contribution in [0.4, 0.5) is 11.4 Å². The summed E-state index contributed by atoms with van der Waals surface area (Å²) in [6.07, 6.45) is 4.87. The van der Waals surface area contributed by atoms with E-state index in [1.807, 2.05) is 13.0 Å². The molecule has 0 amide bonds. The summed E-state index contributed by atoms with van der Waals surface area (Å²) in [5.41, 5.74) is 0.777. The zero-order valence-corrected chi connectivity index (χ0v) is 10.9. The highest BCUT2D eigenvalue weighted by molar-refractivity contribution is 5.64. The van der Waals surface area contributed by atoms with Crippen LogP contribution in [0.25, 0.3) is 0 Å². The van der Waals surface area contributed by atoms with Crippen molar-refractivity contribution in [3.63, 3.8) is 0 Å². The number of nitro benzene ring substituents is 1. The van der Waals surface area contributed by atoms with Gasteiger partial charge in [0, 0.05) is 12.1 Å². The van der Waals surface area contributed by atoms with Gasteiger partial charge in [0.2, 0.25) is 0 Å². The molecular formula is C14H17N3O2. The second kappa shape index (κ2) is 5.70. The van der Waals surface area contributed by atoms with Crippen LogP contribution in [0.2, 0.25) is 0 Å². The number of anilines is 1. The number of nitriles is 1. The molecule has 1 saturated carbocycles. The van der Waals surface area contributed by atoms with Gasteiger partial charge in [-0.25, -0.2) is 0 Å². The molecule has 19 heavy (non-hydrogen) atoms. The summed E-state index contributed by atoms with van der Waals surface area (Å²) in [6.45, 7) is 2.04. The van der Waals surface area contributed by atoms with Crippen molar-refractivity contribution >= 4 is 11.4 Å². The summed E-state index contributed by atoms with van der Waals surface area (Å²) < 4.78 is 0. The third kappa shape index (κ3) is 3.22. The van der Waals surface area contributed by atoms with Gasteiger partial charge in [-0.15, -0.1) is 0 Å². The fraction of sp³-hybridized carbons (Fsp3) is 0.500. The SMILES string of the molecule is CC(CC1CCC1)Nc1ccc(C#N)cc1[N+](=O)[O-]. The average molecular weight is 259 g/mol. The first kappa shape index (κ1) is 13.3. The van der Waals surface area contributed by atoms with E-state index in [0.717, 1.165) is 12.3 Å². The molecular weight excluding hydrogens is 242 g/mol. The number of rotatable bonds is 5. The molecule has 0 heterocycles. The van der Waals surface area contributed by atoms with Crippen molar-refractivity contribution in [1.82, 2.24) is 0 Å². The van der Waals surface area contributed by atoms with Crippen molar-refractivity contribution in [2.24, 2.45) is 5.92 Å². The molecule has 0 saturated heterocycles. The quantitative estimate of drug-likeness (QED) is 0.648. The Bertz CT molecular complexity index is 518. The van der Waals surface area contributed by atoms with Gasteiger partial charge in [-0.1, -0.05) is 19.3 Å². The molecule has 0 aromatic heterocycles. The summed E-state index contributed by atoms with van der Waals surface area (Å²) in [4.78, 5) is 10.6. The van der Waals surface area contributed by atoms with Crippen LogP contribution in [0.15, 0.2) is 18.2 Å². The second-order valence-corrected chi connectivity index (χ2v) is 5.18. The summed E-state index contributed by atoms with van der Waals surface area (Å²) in [5, 5.41) is 23.0. The van der Waals surface area contributed by atoms with E-state index in [0.29, 0.717) is 11.3 Å². The Labute approximate surface area is 112 Å². The molecule has 2 rings (SSSR count). The molecule has 1 aromatic rings. The first-order valence-electron chi connectivity index (χ1n) is 6.55. The number of nitro groups is 1. The number of hydrogen-bond acceptors (Lipinski definition) is 4. The van der Waals surface area contributed by atoms with Gasteiger partial charge in [-0.3, -0.25) is 10.1 Å². The monoisotopic (exact) mass is 259 g/mol. The number of nitrogens with one attached hydrogen (secondary N) is 1. The number of benzene rings is 1. The van der Waals surface area contributed by atoms with Gasteiger partial charge in [0.05, 0.1) is 16.6 Å². The standard InChI is InChI=1S/C14H17N3O2/c1-10(7-11-3-2-4-11)16-13-6-5-12(9-15)8-14(13)17(18)19/h5-6,8,10-11,16H,2-4,7H2,1H3. The third-order valence-electron chi connectivity index (χ3n) is 3.64. The lowest BCUT2D eigenvalue weighted by Crippen LogP contribution is -2.23. The Morgan fingerprint density at radius 2 is 2.32 bits per heavy atom. The lowest BCUT2D eigenvalue weighted by molar-refractivity contribution is -0.384. The zero-order chi connectivity index (χ0) is 13.8. The van der Waals surface area contributed by atoms with Crippen LogP contribution >= 0.6 is 0 Å². The molecule has 0 radical (unpaired) electrons. The molecule has 1 fully saturated rings. The molecule has 1 unspecified atom stereocenters. The van der Waals surface area contributed by atoms with E-state index in [-0.39, 0.29) is 11.7 Å². The van der Waals surface area contributed by atoms with E-state index in [1.54, 1.807) is 12.1 Å². The van der Waals surface area contributed by atoms with Gasteiger partial charge in [0.25, 0.3) is 5.69 Å². The van der Waals surface area contributed by atoms with Crippen molar-refractivity contribution in [2.45, 2.75) is 38.6 Å². The summed E-state index contributed by atoms with van der Waals surface area (Å²) in [6, 6.07) is 6.67. The third-order valence-corrected chi connectivity index (χ3v) is 3.64. The molecule has 1 N–H and O–H groups in total. The van der Waals surface area contributed by atoms with Crippen LogP contribution in [0.3, 0.4) is 0 Å². The van der Waals surface area contributed by atoms with E-state index in [1.165, 1.54) is 25.3 Å². The minimum Gasteiger partial charge on any atom is -0.377 e. The maximum Gasteiger partial charge on any atom is 0.293 e. The van der Waals surface area contributed by atoms with E-state index in [2.05, 4.69) is 5.32 Å². The molecule has 1 aromatic carbocycles. The number of hydrogen-bond donors (Lipinski definition) is 1. The highest BCUT2D eigenvalue weighted by Crippen LogP contribution is 2.32. The molecule has 5 nitrogen and oxygen atoms in total. The van der Waals surface area contributed by atoms with Crippen molar-refractivity contribution in [2.75, 3.05) is 5.32 Å². The predicted molar refractivity (Wildman–Crippen MR) is 72.9 cm³/mol. The fourth-order valence-corrected chi connectivity index (χ4v) is 2.43. The van der Waals surface area contributed by atoms with Crippen LogP contribution in [0.1, 0.15) is 38.2 Å². The molecule has 5 heteroatoms. The Hall–Kier alpha value is -2.09. The average Bonchev–Trinajstić information content (AvgIpc) is 2.34. The largest absolute Gasteiger partial charge is 0.377 e. The Balaban J connectivity index is 2.10. The summed E-state index contributed by atoms with van der Waals surface area (Å²) in [5.74, 6) is 0.750. The van der Waals surface area contributed by atoms with Crippen molar-refractivity contribution < 1.29 is 4.92 Å². The van der Waals surface area contributed by atoms with E-state index in [4.69, 9.17) is 5.26 Å². The van der Waals surface area contributed by atoms with Crippen molar-refractivity contribution in [3.8, 4) is 6.07 Å².